The normalized spacial score (nSPS) is 20.9. The molecular formula is C35H56N3O8+. The van der Waals surface area contributed by atoms with Gasteiger partial charge in [0.15, 0.2) is 17.6 Å². The Bertz CT molecular complexity index is 1170. The second-order valence-corrected chi connectivity index (χ2v) is 13.6. The number of esters is 2. The number of amides is 1. The Morgan fingerprint density at radius 1 is 1.04 bits per heavy atom. The lowest BCUT2D eigenvalue weighted by Gasteiger charge is -2.37. The number of hydrogen-bond donors (Lipinski definition) is 1. The summed E-state index contributed by atoms with van der Waals surface area (Å²) in [6.45, 7) is 8.36. The lowest BCUT2D eigenvalue weighted by Crippen LogP contribution is -2.46. The van der Waals surface area contributed by atoms with E-state index in [1.807, 2.05) is 39.3 Å². The fourth-order valence-corrected chi connectivity index (χ4v) is 6.26. The average molecular weight is 647 g/mol. The summed E-state index contributed by atoms with van der Waals surface area (Å²) >= 11 is 0. The number of nitrogens with zero attached hydrogens (tertiary/aromatic N) is 2. The van der Waals surface area contributed by atoms with E-state index >= 15 is 0 Å². The molecule has 258 valence electrons. The van der Waals surface area contributed by atoms with Gasteiger partial charge in [-0.25, -0.2) is 0 Å². The standard InChI is InChI=1S/C35H55N3O8/c1-25(2)20-35(41)46-28(24-38(3,4)5)22-33(39)36-17-14-34(40)45-27-15-18-37(23-27)29-10-8-9-11-30(29)44-19-16-26-12-13-31(42-6)32(21-26)43-7/h12-13,21,27-30H,1,8-11,14-20,22-24H2,2-7H3/p+1/t27-,28?,29-,30-/m1/s1. The molecule has 3 rings (SSSR count). The zero-order chi connectivity index (χ0) is 33.7. The van der Waals surface area contributed by atoms with E-state index in [-0.39, 0.29) is 49.9 Å². The molecule has 0 spiro atoms. The Hall–Kier alpha value is -3.15. The van der Waals surface area contributed by atoms with Gasteiger partial charge < -0.3 is 33.5 Å². The maximum absolute atomic E-state index is 12.6. The average Bonchev–Trinajstić information content (AvgIpc) is 3.44. The maximum atomic E-state index is 12.6. The van der Waals surface area contributed by atoms with Gasteiger partial charge in [0.05, 0.1) is 67.3 Å². The van der Waals surface area contributed by atoms with E-state index in [1.54, 1.807) is 21.1 Å². The van der Waals surface area contributed by atoms with E-state index in [1.165, 1.54) is 6.42 Å². The summed E-state index contributed by atoms with van der Waals surface area (Å²) in [7, 11) is 9.19. The molecule has 1 N–H and O–H groups in total. The third-order valence-electron chi connectivity index (χ3n) is 8.34. The first-order chi connectivity index (χ1) is 21.9. The van der Waals surface area contributed by atoms with Gasteiger partial charge in [-0.05, 0) is 50.3 Å². The summed E-state index contributed by atoms with van der Waals surface area (Å²) in [5, 5.41) is 2.78. The number of methoxy groups -OCH3 is 2. The summed E-state index contributed by atoms with van der Waals surface area (Å²) in [5.74, 6) is 0.447. The molecule has 1 unspecified atom stereocenters. The van der Waals surface area contributed by atoms with Gasteiger partial charge in [0.1, 0.15) is 12.6 Å². The molecule has 0 bridgehead atoms. The van der Waals surface area contributed by atoms with Crippen LogP contribution in [0.2, 0.25) is 0 Å². The monoisotopic (exact) mass is 646 g/mol. The minimum Gasteiger partial charge on any atom is -0.493 e. The number of carbonyl (C=O) groups excluding carboxylic acids is 3. The van der Waals surface area contributed by atoms with Crippen LogP contribution in [0.5, 0.6) is 11.5 Å². The smallest absolute Gasteiger partial charge is 0.310 e. The van der Waals surface area contributed by atoms with Gasteiger partial charge >= 0.3 is 11.9 Å². The van der Waals surface area contributed by atoms with Gasteiger partial charge in [-0.3, -0.25) is 19.3 Å². The Labute approximate surface area is 275 Å². The molecule has 1 aliphatic heterocycles. The molecule has 1 saturated carbocycles. The van der Waals surface area contributed by atoms with Crippen molar-refractivity contribution >= 4 is 17.8 Å². The van der Waals surface area contributed by atoms with Crippen molar-refractivity contribution in [3.63, 3.8) is 0 Å². The number of benzene rings is 1. The highest BCUT2D eigenvalue weighted by Gasteiger charge is 2.36. The van der Waals surface area contributed by atoms with Crippen molar-refractivity contribution in [2.45, 2.75) is 89.1 Å². The number of rotatable bonds is 18. The second kappa shape index (κ2) is 18.3. The van der Waals surface area contributed by atoms with Gasteiger partial charge in [-0.15, -0.1) is 0 Å². The van der Waals surface area contributed by atoms with Crippen LogP contribution in [0.25, 0.3) is 0 Å². The molecule has 11 heteroatoms. The third kappa shape index (κ3) is 12.9. The Morgan fingerprint density at radius 3 is 2.48 bits per heavy atom. The van der Waals surface area contributed by atoms with E-state index in [9.17, 15) is 14.4 Å². The second-order valence-electron chi connectivity index (χ2n) is 13.6. The maximum Gasteiger partial charge on any atom is 0.310 e. The van der Waals surface area contributed by atoms with Crippen LogP contribution in [-0.4, -0.2) is 120 Å². The number of carbonyl (C=O) groups is 3. The van der Waals surface area contributed by atoms with Crippen LogP contribution >= 0.6 is 0 Å². The highest BCUT2D eigenvalue weighted by Crippen LogP contribution is 2.30. The van der Waals surface area contributed by atoms with E-state index in [0.29, 0.717) is 41.5 Å². The number of likely N-dealkylation sites (N-methyl/N-ethyl adjacent to an activating group) is 1. The number of quaternary nitrogens is 1. The molecule has 46 heavy (non-hydrogen) atoms. The van der Waals surface area contributed by atoms with Gasteiger partial charge in [0, 0.05) is 25.7 Å². The van der Waals surface area contributed by atoms with Crippen LogP contribution in [0.4, 0.5) is 0 Å². The number of likely N-dealkylation sites (tertiary alicyclic amines) is 1. The van der Waals surface area contributed by atoms with E-state index in [4.69, 9.17) is 23.7 Å². The van der Waals surface area contributed by atoms with Crippen molar-refractivity contribution < 1.29 is 42.6 Å². The third-order valence-corrected chi connectivity index (χ3v) is 8.34. The topological polar surface area (TPSA) is 113 Å². The van der Waals surface area contributed by atoms with Crippen LogP contribution in [0, 0.1) is 0 Å². The van der Waals surface area contributed by atoms with Gasteiger partial charge in [-0.1, -0.05) is 31.1 Å². The minimum absolute atomic E-state index is 0.0308. The predicted molar refractivity (Wildman–Crippen MR) is 176 cm³/mol. The molecule has 1 aromatic rings. The molecule has 2 fully saturated rings. The SMILES string of the molecule is C=C(C)CC(=O)OC(CC(=O)NCCC(=O)O[C@@H]1CCN([C@@H]2CCCC[C@H]2OCCc2ccc(OC)c(OC)c2)C1)C[N+](C)(C)C. The van der Waals surface area contributed by atoms with E-state index < -0.39 is 12.1 Å². The quantitative estimate of drug-likeness (QED) is 0.145. The van der Waals surface area contributed by atoms with Crippen LogP contribution in [0.3, 0.4) is 0 Å². The molecule has 0 aromatic heterocycles. The van der Waals surface area contributed by atoms with Crippen LogP contribution in [0.15, 0.2) is 30.4 Å². The molecule has 0 radical (unpaired) electrons. The first-order valence-electron chi connectivity index (χ1n) is 16.5. The van der Waals surface area contributed by atoms with Crippen molar-refractivity contribution in [3.8, 4) is 11.5 Å². The van der Waals surface area contributed by atoms with Crippen molar-refractivity contribution in [1.29, 1.82) is 0 Å². The fourth-order valence-electron chi connectivity index (χ4n) is 6.26. The lowest BCUT2D eigenvalue weighted by atomic mass is 9.91. The summed E-state index contributed by atoms with van der Waals surface area (Å²) < 4.78 is 29.1. The highest BCUT2D eigenvalue weighted by molar-refractivity contribution is 5.78. The highest BCUT2D eigenvalue weighted by atomic mass is 16.5. The van der Waals surface area contributed by atoms with Crippen molar-refractivity contribution in [2.24, 2.45) is 0 Å². The molecule has 1 aromatic carbocycles. The lowest BCUT2D eigenvalue weighted by molar-refractivity contribution is -0.873. The van der Waals surface area contributed by atoms with Gasteiger partial charge in [0.25, 0.3) is 0 Å². The first kappa shape index (κ1) is 37.3. The van der Waals surface area contributed by atoms with Gasteiger partial charge in [0.2, 0.25) is 5.91 Å². The Balaban J connectivity index is 1.39. The minimum atomic E-state index is -0.568. The number of nitrogens with one attached hydrogen (secondary N) is 1. The Morgan fingerprint density at radius 2 is 1.78 bits per heavy atom. The molecule has 4 atom stereocenters. The molecule has 11 nitrogen and oxygen atoms in total. The Kier molecular flexibility index (Phi) is 14.8. The summed E-state index contributed by atoms with van der Waals surface area (Å²) in [5.41, 5.74) is 1.84. The first-order valence-corrected chi connectivity index (χ1v) is 16.5. The largest absolute Gasteiger partial charge is 0.493 e. The zero-order valence-corrected chi connectivity index (χ0v) is 28.8. The summed E-state index contributed by atoms with van der Waals surface area (Å²) in [6.07, 6.45) is 5.66. The molecule has 1 heterocycles. The molecule has 1 amide bonds. The van der Waals surface area contributed by atoms with Crippen LogP contribution < -0.4 is 14.8 Å². The van der Waals surface area contributed by atoms with Gasteiger partial charge in [-0.2, -0.15) is 0 Å². The molecule has 2 aliphatic rings. The number of hydrogen-bond acceptors (Lipinski definition) is 9. The van der Waals surface area contributed by atoms with E-state index in [0.717, 1.165) is 50.0 Å². The summed E-state index contributed by atoms with van der Waals surface area (Å²) in [6, 6.07) is 6.27. The van der Waals surface area contributed by atoms with Crippen molar-refractivity contribution in [3.05, 3.63) is 35.9 Å². The summed E-state index contributed by atoms with van der Waals surface area (Å²) in [4.78, 5) is 39.9. The number of ether oxygens (including phenoxy) is 5. The fraction of sp³-hybridized carbons (Fsp3) is 0.686. The van der Waals surface area contributed by atoms with Crippen LogP contribution in [-0.2, 0) is 35.0 Å². The van der Waals surface area contributed by atoms with Crippen molar-refractivity contribution in [1.82, 2.24) is 10.2 Å². The zero-order valence-electron chi connectivity index (χ0n) is 28.8. The van der Waals surface area contributed by atoms with Crippen LogP contribution in [0.1, 0.15) is 63.9 Å². The van der Waals surface area contributed by atoms with Crippen molar-refractivity contribution in [2.75, 3.05) is 68.1 Å². The predicted octanol–water partition coefficient (Wildman–Crippen LogP) is 3.67. The van der Waals surface area contributed by atoms with E-state index in [2.05, 4.69) is 16.8 Å². The molecule has 1 saturated heterocycles. The molecule has 1 aliphatic carbocycles. The molecular weight excluding hydrogens is 590 g/mol.